The van der Waals surface area contributed by atoms with Crippen LogP contribution in [0, 0.1) is 12.3 Å². The summed E-state index contributed by atoms with van der Waals surface area (Å²) in [6.45, 7) is 9.51. The van der Waals surface area contributed by atoms with Crippen LogP contribution in [-0.2, 0) is 6.54 Å². The van der Waals surface area contributed by atoms with Gasteiger partial charge in [0.1, 0.15) is 0 Å². The maximum atomic E-state index is 5.75. The third-order valence-electron chi connectivity index (χ3n) is 3.42. The van der Waals surface area contributed by atoms with Crippen molar-refractivity contribution in [3.63, 3.8) is 0 Å². The number of hydrogen-bond donors (Lipinski definition) is 1. The summed E-state index contributed by atoms with van der Waals surface area (Å²) in [7, 11) is 2.18. The van der Waals surface area contributed by atoms with E-state index in [2.05, 4.69) is 57.0 Å². The molecule has 2 heteroatoms. The van der Waals surface area contributed by atoms with Crippen LogP contribution in [0.25, 0.3) is 0 Å². The first kappa shape index (κ1) is 14.2. The molecule has 0 unspecified atom stereocenters. The minimum Gasteiger partial charge on any atom is -0.330 e. The van der Waals surface area contributed by atoms with E-state index in [1.54, 1.807) is 0 Å². The Morgan fingerprint density at radius 2 is 1.88 bits per heavy atom. The topological polar surface area (TPSA) is 29.3 Å². The summed E-state index contributed by atoms with van der Waals surface area (Å²) in [5.74, 6) is 0. The molecule has 0 spiro atoms. The maximum Gasteiger partial charge on any atom is 0.0233 e. The molecule has 0 aliphatic carbocycles. The molecular weight excluding hydrogens is 208 g/mol. The molecule has 1 rings (SSSR count). The molecule has 17 heavy (non-hydrogen) atoms. The van der Waals surface area contributed by atoms with E-state index in [0.29, 0.717) is 0 Å². The van der Waals surface area contributed by atoms with E-state index in [1.807, 2.05) is 0 Å². The predicted molar refractivity (Wildman–Crippen MR) is 75.0 cm³/mol. The molecule has 0 saturated heterocycles. The van der Waals surface area contributed by atoms with E-state index in [-0.39, 0.29) is 5.41 Å². The van der Waals surface area contributed by atoms with Crippen molar-refractivity contribution in [2.24, 2.45) is 11.1 Å². The molecule has 0 aliphatic heterocycles. The molecule has 2 nitrogen and oxygen atoms in total. The van der Waals surface area contributed by atoms with Gasteiger partial charge in [0.25, 0.3) is 0 Å². The Balaban J connectivity index is 2.45. The molecule has 0 radical (unpaired) electrons. The van der Waals surface area contributed by atoms with Gasteiger partial charge < -0.3 is 10.6 Å². The number of aryl methyl sites for hydroxylation is 1. The summed E-state index contributed by atoms with van der Waals surface area (Å²) in [6, 6.07) is 8.59. The van der Waals surface area contributed by atoms with Gasteiger partial charge in [-0.3, -0.25) is 0 Å². The minimum atomic E-state index is 0.250. The van der Waals surface area contributed by atoms with Crippen LogP contribution in [0.3, 0.4) is 0 Å². The Morgan fingerprint density at radius 1 is 1.24 bits per heavy atom. The van der Waals surface area contributed by atoms with Crippen molar-refractivity contribution in [2.45, 2.75) is 33.7 Å². The van der Waals surface area contributed by atoms with Gasteiger partial charge >= 0.3 is 0 Å². The van der Waals surface area contributed by atoms with E-state index < -0.39 is 0 Å². The third-order valence-corrected chi connectivity index (χ3v) is 3.42. The fourth-order valence-corrected chi connectivity index (χ4v) is 1.75. The fourth-order valence-electron chi connectivity index (χ4n) is 1.75. The first-order chi connectivity index (χ1) is 7.94. The number of benzene rings is 1. The van der Waals surface area contributed by atoms with Crippen LogP contribution in [0.5, 0.6) is 0 Å². The summed E-state index contributed by atoms with van der Waals surface area (Å²) >= 11 is 0. The monoisotopic (exact) mass is 234 g/mol. The Kier molecular flexibility index (Phi) is 5.16. The van der Waals surface area contributed by atoms with Crippen molar-refractivity contribution >= 4 is 0 Å². The SMILES string of the molecule is Cc1ccccc1CN(C)CCC(C)(C)CN. The normalized spacial score (nSPS) is 12.1. The number of rotatable bonds is 6. The maximum absolute atomic E-state index is 5.75. The Bertz CT molecular complexity index is 345. The second kappa shape index (κ2) is 6.18. The summed E-state index contributed by atoms with van der Waals surface area (Å²) in [5.41, 5.74) is 8.79. The van der Waals surface area contributed by atoms with Crippen LogP contribution in [0.4, 0.5) is 0 Å². The van der Waals surface area contributed by atoms with Crippen LogP contribution < -0.4 is 5.73 Å². The van der Waals surface area contributed by atoms with Gasteiger partial charge in [-0.1, -0.05) is 38.1 Å². The smallest absolute Gasteiger partial charge is 0.0233 e. The molecule has 0 aromatic heterocycles. The van der Waals surface area contributed by atoms with E-state index in [0.717, 1.165) is 26.1 Å². The van der Waals surface area contributed by atoms with Crippen LogP contribution in [0.2, 0.25) is 0 Å². The molecule has 0 amide bonds. The van der Waals surface area contributed by atoms with Gasteiger partial charge in [-0.25, -0.2) is 0 Å². The van der Waals surface area contributed by atoms with Crippen LogP contribution >= 0.6 is 0 Å². The highest BCUT2D eigenvalue weighted by Gasteiger charge is 2.16. The number of hydrogen-bond acceptors (Lipinski definition) is 2. The average molecular weight is 234 g/mol. The molecule has 0 heterocycles. The Labute approximate surface area is 106 Å². The van der Waals surface area contributed by atoms with Crippen molar-refractivity contribution in [3.05, 3.63) is 35.4 Å². The van der Waals surface area contributed by atoms with E-state index in [9.17, 15) is 0 Å². The molecule has 0 atom stereocenters. The van der Waals surface area contributed by atoms with Gasteiger partial charge in [-0.2, -0.15) is 0 Å². The Morgan fingerprint density at radius 3 is 2.47 bits per heavy atom. The standard InChI is InChI=1S/C15H26N2/c1-13-7-5-6-8-14(13)11-17(4)10-9-15(2,3)12-16/h5-8H,9-12,16H2,1-4H3. The lowest BCUT2D eigenvalue weighted by Gasteiger charge is -2.26. The predicted octanol–water partition coefficient (Wildman–Crippen LogP) is 2.80. The molecule has 96 valence electrons. The number of nitrogens with two attached hydrogens (primary N) is 1. The zero-order valence-corrected chi connectivity index (χ0v) is 11.7. The van der Waals surface area contributed by atoms with Gasteiger partial charge in [0.15, 0.2) is 0 Å². The van der Waals surface area contributed by atoms with Gasteiger partial charge in [0, 0.05) is 6.54 Å². The molecule has 1 aromatic rings. The van der Waals surface area contributed by atoms with Crippen molar-refractivity contribution in [2.75, 3.05) is 20.1 Å². The summed E-state index contributed by atoms with van der Waals surface area (Å²) in [6.07, 6.45) is 1.14. The van der Waals surface area contributed by atoms with Gasteiger partial charge in [-0.05, 0) is 50.0 Å². The zero-order chi connectivity index (χ0) is 12.9. The van der Waals surface area contributed by atoms with E-state index in [1.165, 1.54) is 11.1 Å². The van der Waals surface area contributed by atoms with Gasteiger partial charge in [-0.15, -0.1) is 0 Å². The largest absolute Gasteiger partial charge is 0.330 e. The lowest BCUT2D eigenvalue weighted by molar-refractivity contribution is 0.248. The first-order valence-electron chi connectivity index (χ1n) is 6.38. The summed E-state index contributed by atoms with van der Waals surface area (Å²) in [4.78, 5) is 2.37. The van der Waals surface area contributed by atoms with Crippen molar-refractivity contribution in [1.29, 1.82) is 0 Å². The zero-order valence-electron chi connectivity index (χ0n) is 11.7. The quantitative estimate of drug-likeness (QED) is 0.820. The van der Waals surface area contributed by atoms with Crippen molar-refractivity contribution < 1.29 is 0 Å². The summed E-state index contributed by atoms with van der Waals surface area (Å²) < 4.78 is 0. The second-order valence-corrected chi connectivity index (χ2v) is 5.78. The van der Waals surface area contributed by atoms with Gasteiger partial charge in [0.05, 0.1) is 0 Å². The molecule has 0 fully saturated rings. The fraction of sp³-hybridized carbons (Fsp3) is 0.600. The molecule has 0 bridgehead atoms. The van der Waals surface area contributed by atoms with Crippen LogP contribution in [-0.4, -0.2) is 25.0 Å². The van der Waals surface area contributed by atoms with E-state index >= 15 is 0 Å². The van der Waals surface area contributed by atoms with Gasteiger partial charge in [0.2, 0.25) is 0 Å². The van der Waals surface area contributed by atoms with Crippen LogP contribution in [0.15, 0.2) is 24.3 Å². The lowest BCUT2D eigenvalue weighted by atomic mass is 9.89. The summed E-state index contributed by atoms with van der Waals surface area (Å²) in [5, 5.41) is 0. The molecule has 0 saturated carbocycles. The minimum absolute atomic E-state index is 0.250. The first-order valence-corrected chi connectivity index (χ1v) is 6.38. The number of nitrogens with zero attached hydrogens (tertiary/aromatic N) is 1. The molecule has 2 N–H and O–H groups in total. The molecule has 0 aliphatic rings. The van der Waals surface area contributed by atoms with Crippen LogP contribution in [0.1, 0.15) is 31.4 Å². The highest BCUT2D eigenvalue weighted by Crippen LogP contribution is 2.19. The van der Waals surface area contributed by atoms with E-state index in [4.69, 9.17) is 5.73 Å². The lowest BCUT2D eigenvalue weighted by Crippen LogP contribution is -2.29. The molecule has 1 aromatic carbocycles. The third kappa shape index (κ3) is 4.88. The second-order valence-electron chi connectivity index (χ2n) is 5.78. The highest BCUT2D eigenvalue weighted by molar-refractivity contribution is 5.25. The average Bonchev–Trinajstić information content (AvgIpc) is 2.30. The molecular formula is C15H26N2. The van der Waals surface area contributed by atoms with Crippen molar-refractivity contribution in [3.8, 4) is 0 Å². The Hall–Kier alpha value is -0.860. The highest BCUT2D eigenvalue weighted by atomic mass is 15.1. The van der Waals surface area contributed by atoms with Crippen molar-refractivity contribution in [1.82, 2.24) is 4.90 Å².